The highest BCUT2D eigenvalue weighted by Crippen LogP contribution is 2.45. The molecule has 5 rings (SSSR count). The summed E-state index contributed by atoms with van der Waals surface area (Å²) in [5.74, 6) is -2.07. The Labute approximate surface area is 219 Å². The molecule has 3 aliphatic carbocycles. The van der Waals surface area contributed by atoms with Gasteiger partial charge in [-0.15, -0.1) is 5.10 Å². The highest BCUT2D eigenvalue weighted by atomic mass is 19.3. The largest absolute Gasteiger partial charge is 0.488 e. The number of rotatable bonds is 8. The highest BCUT2D eigenvalue weighted by Gasteiger charge is 2.48. The van der Waals surface area contributed by atoms with Crippen LogP contribution >= 0.6 is 0 Å². The van der Waals surface area contributed by atoms with E-state index in [1.807, 2.05) is 6.07 Å². The average molecular weight is 534 g/mol. The molecule has 0 aromatic carbocycles. The molecule has 2 atom stereocenters. The maximum absolute atomic E-state index is 13.2. The van der Waals surface area contributed by atoms with E-state index in [2.05, 4.69) is 10.3 Å². The topological polar surface area (TPSA) is 109 Å². The second-order valence-corrected chi connectivity index (χ2v) is 10.6. The van der Waals surface area contributed by atoms with Gasteiger partial charge in [-0.05, 0) is 50.7 Å². The fourth-order valence-electron chi connectivity index (χ4n) is 5.18. The fourth-order valence-corrected chi connectivity index (χ4v) is 5.18. The van der Waals surface area contributed by atoms with Crippen LogP contribution in [0.4, 0.5) is 13.6 Å². The quantitative estimate of drug-likeness (QED) is 0.464. The summed E-state index contributed by atoms with van der Waals surface area (Å²) in [5, 5.41) is 8.33. The van der Waals surface area contributed by atoms with Gasteiger partial charge in [0.1, 0.15) is 23.7 Å². The molecule has 2 aromatic heterocycles. The normalized spacial score (nSPS) is 22.9. The maximum Gasteiger partial charge on any atom is 0.410 e. The van der Waals surface area contributed by atoms with Gasteiger partial charge in [0.15, 0.2) is 0 Å². The number of carbonyl (C=O) groups is 2. The summed E-state index contributed by atoms with van der Waals surface area (Å²) in [6, 6.07) is 3.15. The Bertz CT molecular complexity index is 1190. The number of esters is 1. The minimum Gasteiger partial charge on any atom is -0.488 e. The third-order valence-electron chi connectivity index (χ3n) is 7.73. The van der Waals surface area contributed by atoms with Crippen molar-refractivity contribution in [2.24, 2.45) is 13.0 Å². The number of hydrogen-bond acceptors (Lipinski definition) is 8. The molecule has 1 amide bonds. The molecule has 3 saturated carbocycles. The zero-order valence-corrected chi connectivity index (χ0v) is 21.9. The number of nitrogens with zero attached hydrogens (tertiary/aromatic N) is 5. The zero-order valence-electron chi connectivity index (χ0n) is 21.9. The van der Waals surface area contributed by atoms with Crippen molar-refractivity contribution in [2.45, 2.75) is 82.0 Å². The van der Waals surface area contributed by atoms with Crippen LogP contribution in [0.3, 0.4) is 0 Å². The van der Waals surface area contributed by atoms with Crippen molar-refractivity contribution in [1.29, 1.82) is 0 Å². The number of amides is 1. The van der Waals surface area contributed by atoms with Crippen molar-refractivity contribution in [1.82, 2.24) is 24.9 Å². The van der Waals surface area contributed by atoms with Crippen molar-refractivity contribution in [3.05, 3.63) is 23.5 Å². The van der Waals surface area contributed by atoms with E-state index in [4.69, 9.17) is 19.2 Å². The zero-order chi connectivity index (χ0) is 27.0. The van der Waals surface area contributed by atoms with Gasteiger partial charge in [-0.1, -0.05) is 5.21 Å². The number of aryl methyl sites for hydroxylation is 1. The fraction of sp³-hybridized carbons (Fsp3) is 0.654. The first-order chi connectivity index (χ1) is 18.1. The number of ether oxygens (including phenoxy) is 3. The van der Waals surface area contributed by atoms with E-state index < -0.39 is 18.1 Å². The third-order valence-corrected chi connectivity index (χ3v) is 7.73. The van der Waals surface area contributed by atoms with Crippen LogP contribution < -0.4 is 4.74 Å². The molecule has 206 valence electrons. The van der Waals surface area contributed by atoms with E-state index >= 15 is 0 Å². The molecule has 0 unspecified atom stereocenters. The molecule has 12 heteroatoms. The summed E-state index contributed by atoms with van der Waals surface area (Å²) < 4.78 is 44.6. The van der Waals surface area contributed by atoms with Crippen molar-refractivity contribution in [3.63, 3.8) is 0 Å². The summed E-state index contributed by atoms with van der Waals surface area (Å²) in [6.07, 6.45) is 3.74. The van der Waals surface area contributed by atoms with Gasteiger partial charge in [-0.3, -0.25) is 4.79 Å². The first-order valence-corrected chi connectivity index (χ1v) is 13.1. The van der Waals surface area contributed by atoms with Crippen molar-refractivity contribution >= 4 is 12.1 Å². The molecule has 0 bridgehead atoms. The Morgan fingerprint density at radius 3 is 2.63 bits per heavy atom. The minimum atomic E-state index is -2.72. The number of hydrogen-bond donors (Lipinski definition) is 0. The van der Waals surface area contributed by atoms with Crippen LogP contribution in [0.15, 0.2) is 12.1 Å². The lowest BCUT2D eigenvalue weighted by Gasteiger charge is -2.40. The maximum atomic E-state index is 13.2. The molecule has 0 N–H and O–H groups in total. The first kappa shape index (κ1) is 26.3. The Morgan fingerprint density at radius 1 is 1.18 bits per heavy atom. The number of carbonyl (C=O) groups excluding carboxylic acids is 2. The van der Waals surface area contributed by atoms with E-state index in [-0.39, 0.29) is 43.4 Å². The molecular formula is C26H33F2N5O5. The number of alkyl halides is 2. The van der Waals surface area contributed by atoms with Crippen LogP contribution in [0.25, 0.3) is 11.4 Å². The highest BCUT2D eigenvalue weighted by molar-refractivity contribution is 5.72. The molecular weight excluding hydrogens is 500 g/mol. The number of aromatic nitrogens is 4. The summed E-state index contributed by atoms with van der Waals surface area (Å²) in [5.41, 5.74) is 2.46. The predicted molar refractivity (Wildman–Crippen MR) is 131 cm³/mol. The Balaban J connectivity index is 1.29. The van der Waals surface area contributed by atoms with E-state index in [1.165, 1.54) is 23.7 Å². The molecule has 3 fully saturated rings. The molecule has 0 radical (unpaired) electrons. The Kier molecular flexibility index (Phi) is 7.23. The predicted octanol–water partition coefficient (Wildman–Crippen LogP) is 4.23. The van der Waals surface area contributed by atoms with Gasteiger partial charge in [-0.25, -0.2) is 23.2 Å². The lowest BCUT2D eigenvalue weighted by molar-refractivity contribution is -0.147. The summed E-state index contributed by atoms with van der Waals surface area (Å²) >= 11 is 0. The van der Waals surface area contributed by atoms with Crippen LogP contribution in [0, 0.1) is 5.92 Å². The van der Waals surface area contributed by atoms with Gasteiger partial charge in [-0.2, -0.15) is 0 Å². The molecule has 0 saturated heterocycles. The van der Waals surface area contributed by atoms with Gasteiger partial charge in [0.05, 0.1) is 30.5 Å². The molecule has 38 heavy (non-hydrogen) atoms. The van der Waals surface area contributed by atoms with E-state index in [0.29, 0.717) is 29.3 Å². The molecule has 2 heterocycles. The van der Waals surface area contributed by atoms with Crippen LogP contribution in [0.2, 0.25) is 0 Å². The van der Waals surface area contributed by atoms with Crippen LogP contribution in [0.5, 0.6) is 5.75 Å². The van der Waals surface area contributed by atoms with Crippen molar-refractivity contribution < 1.29 is 32.6 Å². The smallest absolute Gasteiger partial charge is 0.410 e. The summed E-state index contributed by atoms with van der Waals surface area (Å²) in [7, 11) is 4.57. The van der Waals surface area contributed by atoms with Gasteiger partial charge in [0.2, 0.25) is 0 Å². The SMILES string of the molecule is COC(=O)[C@H]1CCC[C@H](Oc2ccc(-c3nnn(C)c3COC(=O)N(C)C3CC(F)(F)C3)nc2C2CC2)C1. The number of methoxy groups -OCH3 is 1. The molecule has 0 aliphatic heterocycles. The van der Waals surface area contributed by atoms with Crippen LogP contribution in [-0.4, -0.2) is 69.2 Å². The van der Waals surface area contributed by atoms with Crippen LogP contribution in [-0.2, 0) is 27.9 Å². The molecule has 10 nitrogen and oxygen atoms in total. The Hall–Kier alpha value is -3.31. The lowest BCUT2D eigenvalue weighted by atomic mass is 9.87. The average Bonchev–Trinajstić information content (AvgIpc) is 3.67. The van der Waals surface area contributed by atoms with Crippen molar-refractivity contribution in [3.8, 4) is 17.1 Å². The number of pyridine rings is 1. The first-order valence-electron chi connectivity index (χ1n) is 13.1. The molecule has 0 spiro atoms. The van der Waals surface area contributed by atoms with Gasteiger partial charge >= 0.3 is 12.1 Å². The van der Waals surface area contributed by atoms with Gasteiger partial charge < -0.3 is 19.1 Å². The molecule has 3 aliphatic rings. The monoisotopic (exact) mass is 533 g/mol. The summed E-state index contributed by atoms with van der Waals surface area (Å²) in [6.45, 7) is -0.124. The van der Waals surface area contributed by atoms with Gasteiger partial charge in [0.25, 0.3) is 5.92 Å². The summed E-state index contributed by atoms with van der Waals surface area (Å²) in [4.78, 5) is 30.6. The second kappa shape index (κ2) is 10.5. The lowest BCUT2D eigenvalue weighted by Crippen LogP contribution is -2.51. The minimum absolute atomic E-state index is 0.0860. The number of halogens is 2. The van der Waals surface area contributed by atoms with E-state index in [9.17, 15) is 18.4 Å². The third kappa shape index (κ3) is 5.58. The standard InChI is InChI=1S/C26H33F2N5O5/c1-32(17-12-26(27,28)13-17)25(35)37-14-20-23(30-31-33(20)2)19-9-10-21(22(29-19)15-7-8-15)38-18-6-4-5-16(11-18)24(34)36-3/h9-10,15-18H,4-8,11-14H2,1-3H3/t16-,18-/m0/s1. The Morgan fingerprint density at radius 2 is 1.95 bits per heavy atom. The van der Waals surface area contributed by atoms with E-state index in [0.717, 1.165) is 37.8 Å². The van der Waals surface area contributed by atoms with Crippen molar-refractivity contribution in [2.75, 3.05) is 14.2 Å². The van der Waals surface area contributed by atoms with E-state index in [1.54, 1.807) is 13.1 Å². The van der Waals surface area contributed by atoms with Crippen LogP contribution in [0.1, 0.15) is 68.7 Å². The second-order valence-electron chi connectivity index (χ2n) is 10.6. The van der Waals surface area contributed by atoms with Gasteiger partial charge in [0, 0.05) is 38.9 Å². The molecule has 2 aromatic rings.